The van der Waals surface area contributed by atoms with Crippen LogP contribution in [-0.4, -0.2) is 70.1 Å². The molecule has 5 heterocycles. The van der Waals surface area contributed by atoms with Crippen LogP contribution < -0.4 is 10.6 Å². The predicted molar refractivity (Wildman–Crippen MR) is 141 cm³/mol. The zero-order chi connectivity index (χ0) is 28.7. The molecule has 12 heteroatoms. The van der Waals surface area contributed by atoms with E-state index in [0.29, 0.717) is 18.0 Å². The highest BCUT2D eigenvalue weighted by atomic mass is 19.4. The van der Waals surface area contributed by atoms with Crippen LogP contribution in [0.3, 0.4) is 0 Å². The minimum Gasteiger partial charge on any atom is -0.475 e. The van der Waals surface area contributed by atoms with Gasteiger partial charge in [-0.25, -0.2) is 4.79 Å². The van der Waals surface area contributed by atoms with Crippen molar-refractivity contribution in [1.82, 2.24) is 25.5 Å². The first-order chi connectivity index (χ1) is 19.1. The lowest BCUT2D eigenvalue weighted by Gasteiger charge is -2.43. The number of amides is 2. The highest BCUT2D eigenvalue weighted by molar-refractivity contribution is 5.96. The van der Waals surface area contributed by atoms with Gasteiger partial charge in [-0.15, -0.1) is 0 Å². The first-order valence-electron chi connectivity index (χ1n) is 13.2. The Hall–Kier alpha value is -3.93. The Morgan fingerprint density at radius 2 is 1.82 bits per heavy atom. The van der Waals surface area contributed by atoms with Crippen LogP contribution in [-0.2, 0) is 9.59 Å². The summed E-state index contributed by atoms with van der Waals surface area (Å²) in [5.74, 6) is -2.05. The standard InChI is InChI=1S/C26H31N5O2.C2HF3O2/c32-25(20-15-24-23(29-16-20)8-12-27-24)30-22(19-5-2-1-3-6-19)7-4-11-28-26(33)21-17-31-13-9-18(21)10-14-31;3-2(4,5)1(6)7/h1-3,5-6,8,12,15-16,18,21-22,27H,4,7,9-11,13-14,17H2,(H,28,33)(H,30,32);(H,6,7). The van der Waals surface area contributed by atoms with E-state index in [2.05, 4.69) is 25.5 Å². The van der Waals surface area contributed by atoms with Crippen LogP contribution in [0.4, 0.5) is 13.2 Å². The maximum absolute atomic E-state index is 13.0. The van der Waals surface area contributed by atoms with Gasteiger partial charge in [0.25, 0.3) is 5.91 Å². The number of benzene rings is 1. The van der Waals surface area contributed by atoms with Crippen LogP contribution in [0, 0.1) is 11.8 Å². The zero-order valence-electron chi connectivity index (χ0n) is 21.8. The number of hydrogen-bond acceptors (Lipinski definition) is 5. The molecule has 2 unspecified atom stereocenters. The van der Waals surface area contributed by atoms with Gasteiger partial charge in [-0.2, -0.15) is 13.2 Å². The molecule has 1 aromatic carbocycles. The van der Waals surface area contributed by atoms with Crippen LogP contribution in [0.25, 0.3) is 11.0 Å². The van der Waals surface area contributed by atoms with Crippen molar-refractivity contribution in [3.63, 3.8) is 0 Å². The van der Waals surface area contributed by atoms with Gasteiger partial charge in [0.15, 0.2) is 0 Å². The molecule has 6 rings (SSSR count). The number of carboxylic acid groups (broad SMARTS) is 1. The number of carbonyl (C=O) groups is 3. The summed E-state index contributed by atoms with van der Waals surface area (Å²) < 4.78 is 31.7. The molecule has 9 nitrogen and oxygen atoms in total. The Kier molecular flexibility index (Phi) is 9.41. The van der Waals surface area contributed by atoms with Crippen molar-refractivity contribution in [1.29, 1.82) is 0 Å². The molecule has 3 aromatic rings. The molecule has 40 heavy (non-hydrogen) atoms. The number of rotatable bonds is 8. The molecule has 3 aliphatic rings. The number of H-pyrrole nitrogens is 1. The van der Waals surface area contributed by atoms with E-state index in [9.17, 15) is 22.8 Å². The van der Waals surface area contributed by atoms with Crippen LogP contribution in [0.5, 0.6) is 0 Å². The van der Waals surface area contributed by atoms with Crippen molar-refractivity contribution >= 4 is 28.8 Å². The van der Waals surface area contributed by atoms with Crippen molar-refractivity contribution in [2.24, 2.45) is 11.8 Å². The fourth-order valence-corrected chi connectivity index (χ4v) is 5.22. The van der Waals surface area contributed by atoms with Gasteiger partial charge in [0, 0.05) is 25.5 Å². The molecule has 3 aliphatic heterocycles. The highest BCUT2D eigenvalue weighted by Gasteiger charge is 2.39. The number of pyridine rings is 1. The van der Waals surface area contributed by atoms with E-state index < -0.39 is 12.1 Å². The Labute approximate surface area is 229 Å². The molecule has 3 saturated heterocycles. The van der Waals surface area contributed by atoms with E-state index >= 15 is 0 Å². The second-order valence-corrected chi connectivity index (χ2v) is 10.1. The van der Waals surface area contributed by atoms with Gasteiger partial charge < -0.3 is 25.6 Å². The van der Waals surface area contributed by atoms with Crippen molar-refractivity contribution in [2.45, 2.75) is 37.9 Å². The zero-order valence-corrected chi connectivity index (χ0v) is 21.8. The summed E-state index contributed by atoms with van der Waals surface area (Å²) in [6.07, 6.45) is 2.17. The van der Waals surface area contributed by atoms with E-state index in [0.717, 1.165) is 61.9 Å². The summed E-state index contributed by atoms with van der Waals surface area (Å²) in [5, 5.41) is 13.4. The molecule has 0 aliphatic carbocycles. The molecule has 2 amide bonds. The molecule has 2 atom stereocenters. The van der Waals surface area contributed by atoms with Crippen molar-refractivity contribution in [3.05, 3.63) is 66.0 Å². The summed E-state index contributed by atoms with van der Waals surface area (Å²) in [5.41, 5.74) is 3.27. The monoisotopic (exact) mass is 559 g/mol. The van der Waals surface area contributed by atoms with Crippen LogP contribution in [0.2, 0.25) is 0 Å². The quantitative estimate of drug-likeness (QED) is 0.310. The van der Waals surface area contributed by atoms with Crippen LogP contribution in [0.1, 0.15) is 47.6 Å². The third-order valence-electron chi connectivity index (χ3n) is 7.37. The number of aromatic nitrogens is 2. The van der Waals surface area contributed by atoms with Crippen molar-refractivity contribution in [2.75, 3.05) is 26.2 Å². The summed E-state index contributed by atoms with van der Waals surface area (Å²) >= 11 is 0. The second-order valence-electron chi connectivity index (χ2n) is 10.1. The SMILES string of the molecule is O=C(NC(CCCNC(=O)C1CN2CCC1CC2)c1ccccc1)c1cnc2cc[nH]c2c1.O=C(O)C(F)(F)F. The maximum atomic E-state index is 13.0. The first-order valence-corrected chi connectivity index (χ1v) is 13.2. The lowest BCUT2D eigenvalue weighted by atomic mass is 9.78. The lowest BCUT2D eigenvalue weighted by Crippen LogP contribution is -2.52. The number of piperidine rings is 3. The molecule has 0 radical (unpaired) electrons. The van der Waals surface area contributed by atoms with Gasteiger partial charge in [-0.1, -0.05) is 30.3 Å². The number of halogens is 3. The first kappa shape index (κ1) is 29.1. The summed E-state index contributed by atoms with van der Waals surface area (Å²) in [6, 6.07) is 13.6. The van der Waals surface area contributed by atoms with E-state index in [1.54, 1.807) is 6.20 Å². The van der Waals surface area contributed by atoms with Crippen LogP contribution >= 0.6 is 0 Å². The van der Waals surface area contributed by atoms with E-state index in [1.807, 2.05) is 48.7 Å². The number of fused-ring (bicyclic) bond motifs is 4. The average molecular weight is 560 g/mol. The number of hydrogen-bond donors (Lipinski definition) is 4. The normalized spacial score (nSPS) is 20.7. The highest BCUT2D eigenvalue weighted by Crippen LogP contribution is 2.32. The minimum absolute atomic E-state index is 0.132. The number of nitrogens with one attached hydrogen (secondary N) is 3. The number of carboxylic acids is 1. The molecular weight excluding hydrogens is 527 g/mol. The largest absolute Gasteiger partial charge is 0.490 e. The minimum atomic E-state index is -5.08. The molecule has 0 spiro atoms. The van der Waals surface area contributed by atoms with E-state index in [-0.39, 0.29) is 23.8 Å². The Morgan fingerprint density at radius 1 is 1.12 bits per heavy atom. The number of alkyl halides is 3. The summed E-state index contributed by atoms with van der Waals surface area (Å²) in [4.78, 5) is 44.5. The van der Waals surface area contributed by atoms with Gasteiger partial charge >= 0.3 is 12.1 Å². The number of aromatic amines is 1. The maximum Gasteiger partial charge on any atom is 0.490 e. The number of carbonyl (C=O) groups excluding carboxylic acids is 2. The molecule has 3 fully saturated rings. The van der Waals surface area contributed by atoms with Gasteiger partial charge in [-0.05, 0) is 62.4 Å². The third kappa shape index (κ3) is 7.59. The fraction of sp³-hybridized carbons (Fsp3) is 0.429. The molecular formula is C28H32F3N5O4. The van der Waals surface area contributed by atoms with Crippen LogP contribution in [0.15, 0.2) is 54.9 Å². The molecule has 2 bridgehead atoms. The summed E-state index contributed by atoms with van der Waals surface area (Å²) in [7, 11) is 0. The topological polar surface area (TPSA) is 127 Å². The van der Waals surface area contributed by atoms with Gasteiger partial charge in [0.1, 0.15) is 0 Å². The number of aliphatic carboxylic acids is 1. The van der Waals surface area contributed by atoms with Gasteiger partial charge in [-0.3, -0.25) is 14.6 Å². The van der Waals surface area contributed by atoms with Gasteiger partial charge in [0.05, 0.1) is 28.6 Å². The van der Waals surface area contributed by atoms with Crippen molar-refractivity contribution < 1.29 is 32.7 Å². The molecule has 0 saturated carbocycles. The Balaban J connectivity index is 0.000000470. The smallest absolute Gasteiger partial charge is 0.475 e. The van der Waals surface area contributed by atoms with Crippen molar-refractivity contribution in [3.8, 4) is 0 Å². The van der Waals surface area contributed by atoms with E-state index in [1.165, 1.54) is 0 Å². The molecule has 2 aromatic heterocycles. The Morgan fingerprint density at radius 3 is 2.45 bits per heavy atom. The third-order valence-corrected chi connectivity index (χ3v) is 7.37. The average Bonchev–Trinajstić information content (AvgIpc) is 3.43. The fourth-order valence-electron chi connectivity index (χ4n) is 5.22. The lowest BCUT2D eigenvalue weighted by molar-refractivity contribution is -0.192. The summed E-state index contributed by atoms with van der Waals surface area (Å²) in [6.45, 7) is 3.80. The number of nitrogens with zero attached hydrogens (tertiary/aromatic N) is 2. The second kappa shape index (κ2) is 12.9. The predicted octanol–water partition coefficient (Wildman–Crippen LogP) is 3.91. The van der Waals surface area contributed by atoms with E-state index in [4.69, 9.17) is 9.90 Å². The Bertz CT molecular complexity index is 1310. The molecule has 4 N–H and O–H groups in total. The molecule has 214 valence electrons. The van der Waals surface area contributed by atoms with Gasteiger partial charge in [0.2, 0.25) is 5.91 Å².